The molecule has 1 atom stereocenters. The average Bonchev–Trinajstić information content (AvgIpc) is 2.91. The van der Waals surface area contributed by atoms with Crippen LogP contribution in [0, 0.1) is 0 Å². The van der Waals surface area contributed by atoms with Crippen molar-refractivity contribution >= 4 is 45.2 Å². The van der Waals surface area contributed by atoms with Gasteiger partial charge in [-0.15, -0.1) is 0 Å². The van der Waals surface area contributed by atoms with Crippen molar-refractivity contribution in [2.24, 2.45) is 0 Å². The SMILES string of the molecule is O=C(O)C(Cc1ccc2cc(OCc3ccc4ccc(Cl)cc4n3)ccc2c1)(OC1CCCCO1)C(=O)O. The number of ether oxygens (including phenoxy) is 3. The van der Waals surface area contributed by atoms with E-state index >= 15 is 0 Å². The first kappa shape index (κ1) is 25.9. The maximum absolute atomic E-state index is 12.1. The van der Waals surface area contributed by atoms with Crippen LogP contribution in [0.2, 0.25) is 5.02 Å². The number of aromatic nitrogens is 1. The molecule has 38 heavy (non-hydrogen) atoms. The van der Waals surface area contributed by atoms with Gasteiger partial charge in [-0.05, 0) is 65.9 Å². The van der Waals surface area contributed by atoms with Crippen molar-refractivity contribution in [1.29, 1.82) is 0 Å². The van der Waals surface area contributed by atoms with Gasteiger partial charge in [0.05, 0.1) is 11.2 Å². The first-order chi connectivity index (χ1) is 18.3. The van der Waals surface area contributed by atoms with Gasteiger partial charge in [0, 0.05) is 23.4 Å². The third kappa shape index (κ3) is 5.57. The van der Waals surface area contributed by atoms with Crippen LogP contribution in [0.1, 0.15) is 30.5 Å². The van der Waals surface area contributed by atoms with Crippen molar-refractivity contribution < 1.29 is 34.0 Å². The largest absolute Gasteiger partial charge is 0.487 e. The fraction of sp³-hybridized carbons (Fsp3) is 0.276. The van der Waals surface area contributed by atoms with Gasteiger partial charge in [-0.3, -0.25) is 0 Å². The first-order valence-corrected chi connectivity index (χ1v) is 12.7. The van der Waals surface area contributed by atoms with Gasteiger partial charge in [-0.2, -0.15) is 0 Å². The molecule has 1 unspecified atom stereocenters. The molecule has 1 aliphatic rings. The van der Waals surface area contributed by atoms with Gasteiger partial charge in [0.15, 0.2) is 6.29 Å². The molecule has 1 aliphatic heterocycles. The van der Waals surface area contributed by atoms with E-state index in [1.807, 2.05) is 42.5 Å². The molecule has 5 rings (SSSR count). The lowest BCUT2D eigenvalue weighted by atomic mass is 9.92. The van der Waals surface area contributed by atoms with Crippen molar-refractivity contribution in [3.8, 4) is 5.75 Å². The van der Waals surface area contributed by atoms with Gasteiger partial charge < -0.3 is 24.4 Å². The molecule has 0 bridgehead atoms. The summed E-state index contributed by atoms with van der Waals surface area (Å²) in [6.45, 7) is 0.679. The van der Waals surface area contributed by atoms with E-state index in [2.05, 4.69) is 4.98 Å². The number of carbonyl (C=O) groups is 2. The molecule has 0 spiro atoms. The summed E-state index contributed by atoms with van der Waals surface area (Å²) in [5.41, 5.74) is -0.375. The van der Waals surface area contributed by atoms with Crippen LogP contribution in [0.25, 0.3) is 21.7 Å². The minimum Gasteiger partial charge on any atom is -0.487 e. The van der Waals surface area contributed by atoms with E-state index in [4.69, 9.17) is 25.8 Å². The highest BCUT2D eigenvalue weighted by molar-refractivity contribution is 6.31. The number of carboxylic acid groups (broad SMARTS) is 2. The Kier molecular flexibility index (Phi) is 7.46. The number of fused-ring (bicyclic) bond motifs is 2. The Labute approximate surface area is 223 Å². The number of carboxylic acids is 2. The molecule has 0 amide bonds. The molecule has 2 N–H and O–H groups in total. The number of rotatable bonds is 9. The molecule has 196 valence electrons. The van der Waals surface area contributed by atoms with Crippen molar-refractivity contribution in [2.75, 3.05) is 6.61 Å². The Hall–Kier alpha value is -3.72. The summed E-state index contributed by atoms with van der Waals surface area (Å²) in [5, 5.41) is 23.0. The zero-order valence-electron chi connectivity index (χ0n) is 20.4. The first-order valence-electron chi connectivity index (χ1n) is 12.3. The zero-order chi connectivity index (χ0) is 26.7. The predicted octanol–water partition coefficient (Wildman–Crippen LogP) is 5.61. The molecule has 0 saturated carbocycles. The van der Waals surface area contributed by atoms with E-state index in [9.17, 15) is 19.8 Å². The van der Waals surface area contributed by atoms with Crippen LogP contribution in [0.5, 0.6) is 5.75 Å². The van der Waals surface area contributed by atoms with Crippen molar-refractivity contribution in [3.05, 3.63) is 83.0 Å². The summed E-state index contributed by atoms with van der Waals surface area (Å²) in [6.07, 6.45) is 0.849. The summed E-state index contributed by atoms with van der Waals surface area (Å²) in [6, 6.07) is 20.2. The van der Waals surface area contributed by atoms with Crippen LogP contribution in [-0.2, 0) is 32.1 Å². The molecular formula is C29H26ClNO7. The fourth-order valence-electron chi connectivity index (χ4n) is 4.54. The highest BCUT2D eigenvalue weighted by Gasteiger charge is 2.50. The molecule has 1 saturated heterocycles. The molecule has 3 aromatic carbocycles. The summed E-state index contributed by atoms with van der Waals surface area (Å²) >= 11 is 6.08. The number of aliphatic carboxylic acids is 2. The predicted molar refractivity (Wildman–Crippen MR) is 141 cm³/mol. The van der Waals surface area contributed by atoms with Gasteiger partial charge in [-0.25, -0.2) is 14.6 Å². The van der Waals surface area contributed by atoms with E-state index in [1.165, 1.54) is 0 Å². The van der Waals surface area contributed by atoms with Crippen LogP contribution in [0.3, 0.4) is 0 Å². The lowest BCUT2D eigenvalue weighted by molar-refractivity contribution is -0.236. The second kappa shape index (κ2) is 10.9. The summed E-state index contributed by atoms with van der Waals surface area (Å²) in [7, 11) is 0. The lowest BCUT2D eigenvalue weighted by Crippen LogP contribution is -2.53. The Balaban J connectivity index is 1.32. The quantitative estimate of drug-likeness (QED) is 0.266. The van der Waals surface area contributed by atoms with E-state index in [0.29, 0.717) is 29.4 Å². The highest BCUT2D eigenvalue weighted by Crippen LogP contribution is 2.29. The van der Waals surface area contributed by atoms with Gasteiger partial charge >= 0.3 is 11.9 Å². The molecule has 0 aliphatic carbocycles. The second-order valence-corrected chi connectivity index (χ2v) is 9.74. The lowest BCUT2D eigenvalue weighted by Gasteiger charge is -2.32. The fourth-order valence-corrected chi connectivity index (χ4v) is 4.71. The van der Waals surface area contributed by atoms with Gasteiger partial charge in [0.1, 0.15) is 12.4 Å². The minimum absolute atomic E-state index is 0.270. The normalized spacial score (nSPS) is 16.0. The highest BCUT2D eigenvalue weighted by atomic mass is 35.5. The number of hydrogen-bond donors (Lipinski definition) is 2. The van der Waals surface area contributed by atoms with Crippen molar-refractivity contribution in [1.82, 2.24) is 4.98 Å². The Morgan fingerprint density at radius 3 is 2.45 bits per heavy atom. The molecule has 0 radical (unpaired) electrons. The maximum Gasteiger partial charge on any atom is 0.348 e. The molecule has 8 nitrogen and oxygen atoms in total. The number of hydrogen-bond acceptors (Lipinski definition) is 6. The third-order valence-electron chi connectivity index (χ3n) is 6.59. The second-order valence-electron chi connectivity index (χ2n) is 9.30. The molecule has 4 aromatic rings. The van der Waals surface area contributed by atoms with Gasteiger partial charge in [0.25, 0.3) is 5.60 Å². The summed E-state index contributed by atoms with van der Waals surface area (Å²) in [4.78, 5) is 28.9. The van der Waals surface area contributed by atoms with Crippen LogP contribution < -0.4 is 4.74 Å². The topological polar surface area (TPSA) is 115 Å². The third-order valence-corrected chi connectivity index (χ3v) is 6.82. The van der Waals surface area contributed by atoms with Gasteiger partial charge in [-0.1, -0.05) is 48.0 Å². The Bertz CT molecular complexity index is 1490. The molecule has 1 aromatic heterocycles. The smallest absolute Gasteiger partial charge is 0.348 e. The van der Waals surface area contributed by atoms with E-state index < -0.39 is 23.8 Å². The minimum atomic E-state index is -2.45. The molecular weight excluding hydrogens is 510 g/mol. The van der Waals surface area contributed by atoms with E-state index in [-0.39, 0.29) is 13.0 Å². The zero-order valence-corrected chi connectivity index (χ0v) is 21.2. The number of benzene rings is 3. The van der Waals surface area contributed by atoms with E-state index in [0.717, 1.165) is 40.2 Å². The molecule has 1 fully saturated rings. The van der Waals surface area contributed by atoms with Crippen LogP contribution in [0.4, 0.5) is 0 Å². The van der Waals surface area contributed by atoms with Crippen molar-refractivity contribution in [3.63, 3.8) is 0 Å². The summed E-state index contributed by atoms with van der Waals surface area (Å²) < 4.78 is 17.0. The van der Waals surface area contributed by atoms with E-state index in [1.54, 1.807) is 24.3 Å². The van der Waals surface area contributed by atoms with Crippen LogP contribution >= 0.6 is 11.6 Å². The molecule has 9 heteroatoms. The van der Waals surface area contributed by atoms with Crippen LogP contribution in [-0.4, -0.2) is 45.6 Å². The monoisotopic (exact) mass is 535 g/mol. The summed E-state index contributed by atoms with van der Waals surface area (Å²) in [5.74, 6) is -2.48. The number of halogens is 1. The molecule has 2 heterocycles. The van der Waals surface area contributed by atoms with Crippen molar-refractivity contribution in [2.45, 2.75) is 44.2 Å². The Morgan fingerprint density at radius 1 is 0.947 bits per heavy atom. The number of nitrogens with zero attached hydrogens (tertiary/aromatic N) is 1. The Morgan fingerprint density at radius 2 is 1.68 bits per heavy atom. The maximum atomic E-state index is 12.1. The number of pyridine rings is 1. The van der Waals surface area contributed by atoms with Crippen LogP contribution in [0.15, 0.2) is 66.7 Å². The van der Waals surface area contributed by atoms with Gasteiger partial charge in [0.2, 0.25) is 0 Å². The standard InChI is InChI=1S/C29H26ClNO7/c30-22-9-6-19-7-10-23(31-25(19)15-22)17-37-24-11-8-20-13-18(4-5-21(20)14-24)16-29(27(32)33,28(34)35)38-26-3-1-2-12-36-26/h4-11,13-15,26H,1-3,12,16-17H2,(H,32,33)(H,34,35). The average molecular weight is 536 g/mol.